The zero-order chi connectivity index (χ0) is 19.5. The minimum Gasteiger partial charge on any atom is -0.394 e. The molecule has 1 aromatic heterocycles. The van der Waals surface area contributed by atoms with Gasteiger partial charge in [-0.05, 0) is 18.3 Å². The molecule has 0 bridgehead atoms. The molecular weight excluding hydrogens is 352 g/mol. The molecule has 1 fully saturated rings. The number of hydrogen-bond acceptors (Lipinski definition) is 5. The number of urea groups is 1. The molecule has 2 heterocycles. The molecule has 8 heteroatoms. The fraction of sp³-hybridized carbons (Fsp3) is 0.833. The molecule has 0 unspecified atom stereocenters. The van der Waals surface area contributed by atoms with Gasteiger partial charge in [0.1, 0.15) is 5.01 Å². The van der Waals surface area contributed by atoms with Crippen molar-refractivity contribution in [2.24, 2.45) is 10.4 Å². The minimum absolute atomic E-state index is 0.117. The molecule has 0 aromatic carbocycles. The van der Waals surface area contributed by atoms with Gasteiger partial charge >= 0.3 is 6.03 Å². The van der Waals surface area contributed by atoms with Crippen LogP contribution in [0.15, 0.2) is 4.99 Å². The quantitative estimate of drug-likeness (QED) is 0.834. The molecule has 2 amide bonds. The van der Waals surface area contributed by atoms with Gasteiger partial charge in [0, 0.05) is 12.0 Å². The average Bonchev–Trinajstić information content (AvgIpc) is 3.14. The van der Waals surface area contributed by atoms with Crippen LogP contribution in [0.4, 0.5) is 4.79 Å². The summed E-state index contributed by atoms with van der Waals surface area (Å²) in [6, 6.07) is -0.815. The van der Waals surface area contributed by atoms with E-state index >= 15 is 0 Å². The van der Waals surface area contributed by atoms with E-state index in [1.165, 1.54) is 11.3 Å². The Morgan fingerprint density at radius 1 is 1.42 bits per heavy atom. The Hall–Kier alpha value is -1.25. The standard InChI is InChI=1S/C18H32N4O3S/c1-17(2,3)13(11-23)19-15(24)20-16-22(10-12-8-7-9-25-12)21-14(26-16)18(4,5)6/h12-13,23H,7-11H2,1-6H3,(H,19,24)/t12-,13-/m1/s1. The second-order valence-electron chi connectivity index (χ2n) is 8.92. The lowest BCUT2D eigenvalue weighted by molar-refractivity contribution is 0.0928. The maximum atomic E-state index is 12.4. The van der Waals surface area contributed by atoms with Crippen molar-refractivity contribution in [1.82, 2.24) is 15.1 Å². The zero-order valence-corrected chi connectivity index (χ0v) is 17.5. The first-order valence-electron chi connectivity index (χ1n) is 9.17. The van der Waals surface area contributed by atoms with Gasteiger partial charge in [-0.1, -0.05) is 52.9 Å². The number of nitrogens with zero attached hydrogens (tertiary/aromatic N) is 3. The van der Waals surface area contributed by atoms with Gasteiger partial charge in [-0.2, -0.15) is 10.1 Å². The number of ether oxygens (including phenoxy) is 1. The van der Waals surface area contributed by atoms with Gasteiger partial charge in [0.15, 0.2) is 0 Å². The summed E-state index contributed by atoms with van der Waals surface area (Å²) in [5.41, 5.74) is -0.371. The maximum absolute atomic E-state index is 12.4. The van der Waals surface area contributed by atoms with Crippen molar-refractivity contribution in [3.05, 3.63) is 9.81 Å². The van der Waals surface area contributed by atoms with Crippen molar-refractivity contribution in [3.8, 4) is 0 Å². The summed E-state index contributed by atoms with van der Waals surface area (Å²) in [7, 11) is 0. The van der Waals surface area contributed by atoms with Crippen molar-refractivity contribution in [2.45, 2.75) is 78.5 Å². The van der Waals surface area contributed by atoms with E-state index in [2.05, 4.69) is 36.2 Å². The van der Waals surface area contributed by atoms with Gasteiger partial charge in [-0.15, -0.1) is 0 Å². The van der Waals surface area contributed by atoms with Crippen LogP contribution < -0.4 is 10.1 Å². The molecule has 2 rings (SSSR count). The first kappa shape index (κ1) is 21.1. The van der Waals surface area contributed by atoms with Crippen molar-refractivity contribution >= 4 is 17.4 Å². The van der Waals surface area contributed by atoms with Crippen LogP contribution in [0.1, 0.15) is 59.4 Å². The largest absolute Gasteiger partial charge is 0.394 e. The predicted octanol–water partition coefficient (Wildman–Crippen LogP) is 2.44. The predicted molar refractivity (Wildman–Crippen MR) is 102 cm³/mol. The van der Waals surface area contributed by atoms with Gasteiger partial charge < -0.3 is 15.2 Å². The molecule has 0 radical (unpaired) electrons. The molecular formula is C18H32N4O3S. The van der Waals surface area contributed by atoms with Crippen LogP contribution in [0.2, 0.25) is 0 Å². The molecule has 1 aromatic rings. The van der Waals surface area contributed by atoms with Crippen LogP contribution in [0, 0.1) is 5.41 Å². The van der Waals surface area contributed by atoms with E-state index in [4.69, 9.17) is 4.74 Å². The second kappa shape index (κ2) is 8.19. The van der Waals surface area contributed by atoms with Crippen LogP contribution in [-0.2, 0) is 16.7 Å². The van der Waals surface area contributed by atoms with Gasteiger partial charge in [0.25, 0.3) is 0 Å². The van der Waals surface area contributed by atoms with Gasteiger partial charge in [-0.25, -0.2) is 9.48 Å². The first-order chi connectivity index (χ1) is 12.0. The topological polar surface area (TPSA) is 88.7 Å². The van der Waals surface area contributed by atoms with E-state index in [0.29, 0.717) is 11.3 Å². The number of carbonyl (C=O) groups excluding carboxylic acids is 1. The van der Waals surface area contributed by atoms with E-state index in [0.717, 1.165) is 24.5 Å². The van der Waals surface area contributed by atoms with Crippen LogP contribution in [0.25, 0.3) is 0 Å². The Balaban J connectivity index is 2.28. The SMILES string of the molecule is CC(C)(C)c1nn(C[C@H]2CCCO2)c(=NC(=O)N[C@H](CO)C(C)(C)C)s1. The fourth-order valence-electron chi connectivity index (χ4n) is 2.60. The number of carbonyl (C=O) groups is 1. The molecule has 26 heavy (non-hydrogen) atoms. The lowest BCUT2D eigenvalue weighted by Gasteiger charge is -2.28. The summed E-state index contributed by atoms with van der Waals surface area (Å²) >= 11 is 1.43. The van der Waals surface area contributed by atoms with Gasteiger partial charge in [0.2, 0.25) is 4.80 Å². The molecule has 1 aliphatic rings. The summed E-state index contributed by atoms with van der Waals surface area (Å²) in [5, 5.41) is 18.0. The number of rotatable bonds is 4. The van der Waals surface area contributed by atoms with E-state index in [-0.39, 0.29) is 29.6 Å². The number of amides is 2. The molecule has 2 atom stereocenters. The summed E-state index contributed by atoms with van der Waals surface area (Å²) < 4.78 is 7.49. The van der Waals surface area contributed by atoms with E-state index in [9.17, 15) is 9.90 Å². The monoisotopic (exact) mass is 384 g/mol. The molecule has 7 nitrogen and oxygen atoms in total. The Labute approximate surface area is 159 Å². The Bertz CT molecular complexity index is 676. The highest BCUT2D eigenvalue weighted by Gasteiger charge is 2.26. The number of hydrogen-bond donors (Lipinski definition) is 2. The van der Waals surface area contributed by atoms with E-state index in [1.54, 1.807) is 4.68 Å². The molecule has 0 aliphatic carbocycles. The Morgan fingerprint density at radius 2 is 2.12 bits per heavy atom. The van der Waals surface area contributed by atoms with Crippen LogP contribution >= 0.6 is 11.3 Å². The molecule has 0 saturated carbocycles. The minimum atomic E-state index is -0.454. The maximum Gasteiger partial charge on any atom is 0.343 e. The van der Waals surface area contributed by atoms with Crippen LogP contribution in [0.5, 0.6) is 0 Å². The molecule has 1 aliphatic heterocycles. The van der Waals surface area contributed by atoms with Crippen molar-refractivity contribution in [1.29, 1.82) is 0 Å². The van der Waals surface area contributed by atoms with Crippen molar-refractivity contribution in [3.63, 3.8) is 0 Å². The van der Waals surface area contributed by atoms with E-state index < -0.39 is 6.03 Å². The first-order valence-corrected chi connectivity index (χ1v) is 9.98. The number of aliphatic hydroxyl groups is 1. The smallest absolute Gasteiger partial charge is 0.343 e. The second-order valence-corrected chi connectivity index (χ2v) is 9.88. The fourth-order valence-corrected chi connectivity index (χ4v) is 3.57. The van der Waals surface area contributed by atoms with Crippen LogP contribution in [-0.4, -0.2) is 46.3 Å². The molecule has 148 valence electrons. The lowest BCUT2D eigenvalue weighted by atomic mass is 9.87. The Kier molecular flexibility index (Phi) is 6.63. The van der Waals surface area contributed by atoms with E-state index in [1.807, 2.05) is 20.8 Å². The molecule has 1 saturated heterocycles. The van der Waals surface area contributed by atoms with Gasteiger partial charge in [-0.3, -0.25) is 0 Å². The third kappa shape index (κ3) is 5.62. The highest BCUT2D eigenvalue weighted by atomic mass is 32.1. The highest BCUT2D eigenvalue weighted by Crippen LogP contribution is 2.23. The molecule has 0 spiro atoms. The zero-order valence-electron chi connectivity index (χ0n) is 16.7. The van der Waals surface area contributed by atoms with Gasteiger partial charge in [0.05, 0.1) is 25.3 Å². The third-order valence-electron chi connectivity index (χ3n) is 4.39. The average molecular weight is 385 g/mol. The highest BCUT2D eigenvalue weighted by molar-refractivity contribution is 7.09. The number of nitrogens with one attached hydrogen (secondary N) is 1. The van der Waals surface area contributed by atoms with Crippen molar-refractivity contribution in [2.75, 3.05) is 13.2 Å². The molecule has 2 N–H and O–H groups in total. The summed E-state index contributed by atoms with van der Waals surface area (Å²) in [5.74, 6) is 0. The summed E-state index contributed by atoms with van der Waals surface area (Å²) in [4.78, 5) is 17.2. The van der Waals surface area contributed by atoms with Crippen LogP contribution in [0.3, 0.4) is 0 Å². The normalized spacial score (nSPS) is 20.4. The number of aliphatic hydroxyl groups excluding tert-OH is 1. The summed E-state index contributed by atoms with van der Waals surface area (Å²) in [6.45, 7) is 13.4. The lowest BCUT2D eigenvalue weighted by Crippen LogP contribution is -2.45. The van der Waals surface area contributed by atoms with Crippen molar-refractivity contribution < 1.29 is 14.6 Å². The third-order valence-corrected chi connectivity index (χ3v) is 5.76. The summed E-state index contributed by atoms with van der Waals surface area (Å²) in [6.07, 6.45) is 2.17. The Morgan fingerprint density at radius 3 is 2.62 bits per heavy atom. The number of aromatic nitrogens is 2.